The number of esters is 1. The van der Waals surface area contributed by atoms with Gasteiger partial charge in [0.1, 0.15) is 22.0 Å². The van der Waals surface area contributed by atoms with Crippen LogP contribution in [0.25, 0.3) is 21.9 Å². The topological polar surface area (TPSA) is 81.3 Å². The summed E-state index contributed by atoms with van der Waals surface area (Å²) in [6.45, 7) is 2.40. The monoisotopic (exact) mass is 420 g/mol. The lowest BCUT2D eigenvalue weighted by Crippen LogP contribution is -2.16. The first kappa shape index (κ1) is 20.7. The molecule has 152 valence electrons. The van der Waals surface area contributed by atoms with Crippen molar-refractivity contribution in [3.8, 4) is 5.75 Å². The van der Waals surface area contributed by atoms with Gasteiger partial charge in [-0.25, -0.2) is 9.78 Å². The number of carbonyl (C=O) groups is 1. The molecule has 0 aliphatic carbocycles. The fourth-order valence-corrected chi connectivity index (χ4v) is 3.80. The number of ether oxygens (including phenoxy) is 2. The summed E-state index contributed by atoms with van der Waals surface area (Å²) in [4.78, 5) is 33.6. The van der Waals surface area contributed by atoms with E-state index in [1.807, 2.05) is 13.8 Å². The molecular weight excluding hydrogens is 402 g/mol. The number of para-hydroxylation sites is 1. The van der Waals surface area contributed by atoms with E-state index < -0.39 is 12.6 Å². The van der Waals surface area contributed by atoms with Crippen LogP contribution < -0.4 is 10.3 Å². The number of fused-ring (bicyclic) bond motifs is 1. The maximum absolute atomic E-state index is 12.7. The highest BCUT2D eigenvalue weighted by Gasteiger charge is 2.20. The Labute approximate surface area is 168 Å². The van der Waals surface area contributed by atoms with Crippen LogP contribution in [0.3, 0.4) is 0 Å². The van der Waals surface area contributed by atoms with Crippen molar-refractivity contribution in [1.82, 2.24) is 9.97 Å². The number of carbonyl (C=O) groups excluding carboxylic acids is 1. The zero-order valence-electron chi connectivity index (χ0n) is 15.9. The third kappa shape index (κ3) is 4.34. The smallest absolute Gasteiger partial charge is 0.387 e. The van der Waals surface area contributed by atoms with Gasteiger partial charge in [0.05, 0.1) is 12.0 Å². The predicted molar refractivity (Wildman–Crippen MR) is 107 cm³/mol. The molecule has 0 aliphatic heterocycles. The molecule has 6 nitrogen and oxygen atoms in total. The molecule has 0 atom stereocenters. The highest BCUT2D eigenvalue weighted by atomic mass is 32.1. The number of rotatable bonds is 6. The summed E-state index contributed by atoms with van der Waals surface area (Å²) in [5, 5.41) is 0.459. The lowest BCUT2D eigenvalue weighted by molar-refractivity contribution is -0.136. The first-order valence-corrected chi connectivity index (χ1v) is 9.56. The van der Waals surface area contributed by atoms with E-state index in [0.29, 0.717) is 10.2 Å². The fourth-order valence-electron chi connectivity index (χ4n) is 2.77. The Bertz CT molecular complexity index is 1150. The zero-order valence-corrected chi connectivity index (χ0v) is 16.7. The van der Waals surface area contributed by atoms with E-state index in [0.717, 1.165) is 10.4 Å². The quantitative estimate of drug-likeness (QED) is 0.475. The Kier molecular flexibility index (Phi) is 6.07. The number of thiophene rings is 1. The summed E-state index contributed by atoms with van der Waals surface area (Å²) in [6.07, 6.45) is 1.31. The van der Waals surface area contributed by atoms with E-state index in [1.165, 1.54) is 35.6 Å². The van der Waals surface area contributed by atoms with E-state index in [1.54, 1.807) is 13.0 Å². The zero-order chi connectivity index (χ0) is 21.1. The van der Waals surface area contributed by atoms with Crippen molar-refractivity contribution in [2.24, 2.45) is 0 Å². The summed E-state index contributed by atoms with van der Waals surface area (Å²) in [5.74, 6) is -0.864. The second kappa shape index (κ2) is 8.52. The van der Waals surface area contributed by atoms with Gasteiger partial charge < -0.3 is 14.5 Å². The summed E-state index contributed by atoms with van der Waals surface area (Å²) in [7, 11) is 0. The van der Waals surface area contributed by atoms with Gasteiger partial charge in [0.15, 0.2) is 0 Å². The van der Waals surface area contributed by atoms with Crippen molar-refractivity contribution in [3.63, 3.8) is 0 Å². The first-order valence-electron chi connectivity index (χ1n) is 8.74. The molecule has 2 heterocycles. The van der Waals surface area contributed by atoms with Gasteiger partial charge in [-0.3, -0.25) is 4.79 Å². The molecule has 3 rings (SSSR count). The van der Waals surface area contributed by atoms with Crippen LogP contribution in [0.15, 0.2) is 29.1 Å². The van der Waals surface area contributed by atoms with Crippen LogP contribution in [0, 0.1) is 13.8 Å². The van der Waals surface area contributed by atoms with Crippen molar-refractivity contribution in [1.29, 1.82) is 0 Å². The summed E-state index contributed by atoms with van der Waals surface area (Å²) in [5.41, 5.74) is 0.582. The second-order valence-electron chi connectivity index (χ2n) is 6.07. The third-order valence-corrected chi connectivity index (χ3v) is 5.33. The molecule has 0 aliphatic rings. The molecule has 1 N–H and O–H groups in total. The molecule has 2 aromatic heterocycles. The fraction of sp³-hybridized carbons (Fsp3) is 0.250. The molecule has 29 heavy (non-hydrogen) atoms. The Morgan fingerprint density at radius 3 is 2.72 bits per heavy atom. The molecule has 0 saturated carbocycles. The van der Waals surface area contributed by atoms with Gasteiger partial charge in [0.2, 0.25) is 0 Å². The number of nitrogens with one attached hydrogen (secondary N) is 1. The number of alkyl halides is 2. The summed E-state index contributed by atoms with van der Waals surface area (Å²) in [6, 6.07) is 6.00. The van der Waals surface area contributed by atoms with Crippen LogP contribution in [0.4, 0.5) is 8.78 Å². The largest absolute Gasteiger partial charge is 0.462 e. The van der Waals surface area contributed by atoms with Crippen LogP contribution in [-0.4, -0.2) is 29.2 Å². The number of halogens is 2. The average molecular weight is 420 g/mol. The van der Waals surface area contributed by atoms with Crippen LogP contribution in [0.2, 0.25) is 0 Å². The van der Waals surface area contributed by atoms with Gasteiger partial charge >= 0.3 is 12.6 Å². The molecule has 3 aromatic rings. The normalized spacial score (nSPS) is 11.9. The molecule has 0 fully saturated rings. The first-order chi connectivity index (χ1) is 13.8. The van der Waals surface area contributed by atoms with Crippen LogP contribution in [0.5, 0.6) is 5.75 Å². The Morgan fingerprint density at radius 2 is 2.03 bits per heavy atom. The molecule has 0 radical (unpaired) electrons. The summed E-state index contributed by atoms with van der Waals surface area (Å²) >= 11 is 1.33. The molecule has 0 bridgehead atoms. The van der Waals surface area contributed by atoms with Crippen LogP contribution in [-0.2, 0) is 9.53 Å². The van der Waals surface area contributed by atoms with Gasteiger partial charge in [-0.1, -0.05) is 18.2 Å². The Balaban J connectivity index is 2.20. The van der Waals surface area contributed by atoms with Crippen LogP contribution in [0.1, 0.15) is 28.8 Å². The molecular formula is C20H18F2N2O4S. The second-order valence-corrected chi connectivity index (χ2v) is 7.28. The highest BCUT2D eigenvalue weighted by Crippen LogP contribution is 2.29. The van der Waals surface area contributed by atoms with Crippen molar-refractivity contribution in [2.45, 2.75) is 27.4 Å². The number of aryl methyl sites for hydroxylation is 2. The molecule has 0 amide bonds. The minimum Gasteiger partial charge on any atom is -0.462 e. The van der Waals surface area contributed by atoms with Gasteiger partial charge in [-0.05, 0) is 38.5 Å². The molecule has 0 unspecified atom stereocenters. The SMILES string of the molecule is CCOC(=O)C(=Cc1ccccc1OC(F)F)c1nc2sc(C)c(C)c2c(=O)[nH]1. The van der Waals surface area contributed by atoms with Crippen molar-refractivity contribution < 1.29 is 23.0 Å². The number of aromatic nitrogens is 2. The highest BCUT2D eigenvalue weighted by molar-refractivity contribution is 7.18. The number of aromatic amines is 1. The summed E-state index contributed by atoms with van der Waals surface area (Å²) < 4.78 is 35.0. The molecule has 9 heteroatoms. The van der Waals surface area contributed by atoms with E-state index in [9.17, 15) is 18.4 Å². The Hall–Kier alpha value is -3.07. The Morgan fingerprint density at radius 1 is 1.31 bits per heavy atom. The minimum atomic E-state index is -3.03. The lowest BCUT2D eigenvalue weighted by Gasteiger charge is -2.10. The van der Waals surface area contributed by atoms with Crippen molar-refractivity contribution in [2.75, 3.05) is 6.61 Å². The van der Waals surface area contributed by atoms with E-state index >= 15 is 0 Å². The van der Waals surface area contributed by atoms with E-state index in [4.69, 9.17) is 4.74 Å². The van der Waals surface area contributed by atoms with E-state index in [2.05, 4.69) is 14.7 Å². The van der Waals surface area contributed by atoms with E-state index in [-0.39, 0.29) is 34.9 Å². The lowest BCUT2D eigenvalue weighted by atomic mass is 10.1. The van der Waals surface area contributed by atoms with Crippen molar-refractivity contribution >= 4 is 39.2 Å². The average Bonchev–Trinajstić information content (AvgIpc) is 2.95. The van der Waals surface area contributed by atoms with Gasteiger partial charge in [-0.2, -0.15) is 8.78 Å². The van der Waals surface area contributed by atoms with Gasteiger partial charge in [-0.15, -0.1) is 11.3 Å². The van der Waals surface area contributed by atoms with Gasteiger partial charge in [0.25, 0.3) is 5.56 Å². The number of H-pyrrole nitrogens is 1. The van der Waals surface area contributed by atoms with Gasteiger partial charge in [0, 0.05) is 10.4 Å². The maximum Gasteiger partial charge on any atom is 0.387 e. The number of benzene rings is 1. The number of hydrogen-bond acceptors (Lipinski definition) is 6. The third-order valence-electron chi connectivity index (χ3n) is 4.22. The maximum atomic E-state index is 12.7. The number of nitrogens with zero attached hydrogens (tertiary/aromatic N) is 1. The van der Waals surface area contributed by atoms with Crippen molar-refractivity contribution in [3.05, 3.63) is 56.4 Å². The molecule has 0 spiro atoms. The molecule has 1 aromatic carbocycles. The standard InChI is InChI=1S/C20H18F2N2O4S/c1-4-27-19(26)13(9-12-7-5-6-8-14(12)28-20(21)22)16-23-17(25)15-10(2)11(3)29-18(15)24-16/h5-9,20H,4H2,1-3H3,(H,23,24,25). The number of hydrogen-bond donors (Lipinski definition) is 1. The van der Waals surface area contributed by atoms with Crippen LogP contribution >= 0.6 is 11.3 Å². The minimum absolute atomic E-state index is 0.00551. The predicted octanol–water partition coefficient (Wildman–Crippen LogP) is 4.31. The molecule has 0 saturated heterocycles.